The number of rotatable bonds is 4. The molecule has 0 bridgehead atoms. The van der Waals surface area contributed by atoms with E-state index in [4.69, 9.17) is 17.0 Å². The summed E-state index contributed by atoms with van der Waals surface area (Å²) in [6.45, 7) is 2.03. The van der Waals surface area contributed by atoms with E-state index in [1.165, 1.54) is 5.56 Å². The van der Waals surface area contributed by atoms with Crippen molar-refractivity contribution in [1.82, 2.24) is 5.43 Å². The van der Waals surface area contributed by atoms with Crippen molar-refractivity contribution in [2.24, 2.45) is 5.10 Å². The molecule has 108 valence electrons. The standard InChI is InChI=1S/C16H17N3OS/c1-12-6-5-8-14(10-12)18-16(21)19-17-11-13-7-3-4-9-15(13)20-2/h3-11H,1-2H3,(H2,18,19,21)/b17-11+. The predicted molar refractivity (Wildman–Crippen MR) is 91.1 cm³/mol. The highest BCUT2D eigenvalue weighted by atomic mass is 32.1. The first-order chi connectivity index (χ1) is 10.2. The van der Waals surface area contributed by atoms with Gasteiger partial charge in [-0.25, -0.2) is 0 Å². The van der Waals surface area contributed by atoms with Crippen LogP contribution in [0.1, 0.15) is 11.1 Å². The fraction of sp³-hybridized carbons (Fsp3) is 0.125. The van der Waals surface area contributed by atoms with E-state index in [9.17, 15) is 0 Å². The number of benzene rings is 2. The number of thiocarbonyl (C=S) groups is 1. The lowest BCUT2D eigenvalue weighted by Gasteiger charge is -2.07. The third kappa shape index (κ3) is 4.57. The van der Waals surface area contributed by atoms with Crippen LogP contribution in [-0.4, -0.2) is 18.4 Å². The highest BCUT2D eigenvalue weighted by molar-refractivity contribution is 7.80. The third-order valence-electron chi connectivity index (χ3n) is 2.78. The Balaban J connectivity index is 1.93. The number of para-hydroxylation sites is 1. The molecule has 0 spiro atoms. The Hall–Kier alpha value is -2.40. The molecular weight excluding hydrogens is 282 g/mol. The van der Waals surface area contributed by atoms with Gasteiger partial charge in [-0.05, 0) is 49.0 Å². The third-order valence-corrected chi connectivity index (χ3v) is 2.98. The monoisotopic (exact) mass is 299 g/mol. The van der Waals surface area contributed by atoms with Crippen molar-refractivity contribution in [1.29, 1.82) is 0 Å². The molecule has 0 aliphatic heterocycles. The minimum absolute atomic E-state index is 0.437. The van der Waals surface area contributed by atoms with Crippen LogP contribution >= 0.6 is 12.2 Å². The summed E-state index contributed by atoms with van der Waals surface area (Å²) in [6, 6.07) is 15.6. The van der Waals surface area contributed by atoms with Crippen molar-refractivity contribution < 1.29 is 4.74 Å². The zero-order chi connectivity index (χ0) is 15.1. The number of hydrazone groups is 1. The summed E-state index contributed by atoms with van der Waals surface area (Å²) < 4.78 is 5.24. The van der Waals surface area contributed by atoms with Gasteiger partial charge in [-0.15, -0.1) is 0 Å². The maximum absolute atomic E-state index is 5.24. The zero-order valence-electron chi connectivity index (χ0n) is 12.0. The summed E-state index contributed by atoms with van der Waals surface area (Å²) in [5.74, 6) is 0.764. The lowest BCUT2D eigenvalue weighted by molar-refractivity contribution is 0.414. The fourth-order valence-corrected chi connectivity index (χ4v) is 1.99. The van der Waals surface area contributed by atoms with Crippen molar-refractivity contribution in [3.05, 3.63) is 59.7 Å². The molecule has 5 heteroatoms. The number of anilines is 1. The van der Waals surface area contributed by atoms with E-state index in [0.717, 1.165) is 17.0 Å². The smallest absolute Gasteiger partial charge is 0.191 e. The molecule has 2 aromatic rings. The molecule has 0 heterocycles. The Kier molecular flexibility index (Phi) is 5.29. The van der Waals surface area contributed by atoms with Gasteiger partial charge < -0.3 is 10.1 Å². The van der Waals surface area contributed by atoms with Crippen molar-refractivity contribution in [2.75, 3.05) is 12.4 Å². The molecule has 0 amide bonds. The first-order valence-corrected chi connectivity index (χ1v) is 6.89. The van der Waals surface area contributed by atoms with Crippen LogP contribution in [0.15, 0.2) is 53.6 Å². The van der Waals surface area contributed by atoms with Crippen molar-refractivity contribution in [3.8, 4) is 5.75 Å². The summed E-state index contributed by atoms with van der Waals surface area (Å²) in [7, 11) is 1.63. The van der Waals surface area contributed by atoms with Gasteiger partial charge in [-0.3, -0.25) is 5.43 Å². The number of hydrogen-bond donors (Lipinski definition) is 2. The molecule has 4 nitrogen and oxygen atoms in total. The average molecular weight is 299 g/mol. The van der Waals surface area contributed by atoms with Crippen LogP contribution in [0.4, 0.5) is 5.69 Å². The second-order valence-electron chi connectivity index (χ2n) is 4.44. The van der Waals surface area contributed by atoms with Gasteiger partial charge in [-0.2, -0.15) is 5.10 Å². The lowest BCUT2D eigenvalue weighted by Crippen LogP contribution is -2.23. The van der Waals surface area contributed by atoms with Crippen LogP contribution in [-0.2, 0) is 0 Å². The summed E-state index contributed by atoms with van der Waals surface area (Å²) in [5, 5.41) is 7.62. The molecule has 0 aliphatic rings. The van der Waals surface area contributed by atoms with Gasteiger partial charge in [0.1, 0.15) is 5.75 Å². The van der Waals surface area contributed by atoms with Gasteiger partial charge in [0.2, 0.25) is 0 Å². The van der Waals surface area contributed by atoms with E-state index in [0.29, 0.717) is 5.11 Å². The maximum atomic E-state index is 5.24. The summed E-state index contributed by atoms with van der Waals surface area (Å²) >= 11 is 5.19. The van der Waals surface area contributed by atoms with Gasteiger partial charge in [0.05, 0.1) is 13.3 Å². The molecule has 0 atom stereocenters. The number of aryl methyl sites for hydroxylation is 1. The van der Waals surface area contributed by atoms with Gasteiger partial charge >= 0.3 is 0 Å². The van der Waals surface area contributed by atoms with Crippen LogP contribution in [0.5, 0.6) is 5.75 Å². The SMILES string of the molecule is COc1ccccc1/C=N/NC(=S)Nc1cccc(C)c1. The molecule has 2 rings (SSSR count). The highest BCUT2D eigenvalue weighted by Gasteiger charge is 1.98. The van der Waals surface area contributed by atoms with Crippen LogP contribution in [0.3, 0.4) is 0 Å². The predicted octanol–water partition coefficient (Wildman–Crippen LogP) is 3.32. The molecular formula is C16H17N3OS. The molecule has 2 aromatic carbocycles. The minimum Gasteiger partial charge on any atom is -0.496 e. The zero-order valence-corrected chi connectivity index (χ0v) is 12.8. The quantitative estimate of drug-likeness (QED) is 0.516. The minimum atomic E-state index is 0.437. The molecule has 0 unspecified atom stereocenters. The van der Waals surface area contributed by atoms with Crippen LogP contribution < -0.4 is 15.5 Å². The molecule has 0 aliphatic carbocycles. The maximum Gasteiger partial charge on any atom is 0.191 e. The first-order valence-electron chi connectivity index (χ1n) is 6.49. The van der Waals surface area contributed by atoms with Crippen molar-refractivity contribution in [3.63, 3.8) is 0 Å². The second-order valence-corrected chi connectivity index (χ2v) is 4.84. The van der Waals surface area contributed by atoms with Crippen LogP contribution in [0.25, 0.3) is 0 Å². The van der Waals surface area contributed by atoms with Gasteiger partial charge in [-0.1, -0.05) is 24.3 Å². The number of nitrogens with one attached hydrogen (secondary N) is 2. The summed E-state index contributed by atoms with van der Waals surface area (Å²) in [5.41, 5.74) is 5.76. The van der Waals surface area contributed by atoms with E-state index in [2.05, 4.69) is 15.8 Å². The van der Waals surface area contributed by atoms with Gasteiger partial charge in [0, 0.05) is 11.3 Å². The van der Waals surface area contributed by atoms with E-state index >= 15 is 0 Å². The van der Waals surface area contributed by atoms with E-state index < -0.39 is 0 Å². The normalized spacial score (nSPS) is 10.4. The van der Waals surface area contributed by atoms with Crippen LogP contribution in [0, 0.1) is 6.92 Å². The number of ether oxygens (including phenoxy) is 1. The fourth-order valence-electron chi connectivity index (χ4n) is 1.82. The van der Waals surface area contributed by atoms with E-state index in [1.54, 1.807) is 13.3 Å². The molecule has 0 radical (unpaired) electrons. The molecule has 0 saturated heterocycles. The second kappa shape index (κ2) is 7.40. The Morgan fingerprint density at radius 3 is 2.76 bits per heavy atom. The van der Waals surface area contributed by atoms with E-state index in [-0.39, 0.29) is 0 Å². The molecule has 21 heavy (non-hydrogen) atoms. The summed E-state index contributed by atoms with van der Waals surface area (Å²) in [4.78, 5) is 0. The van der Waals surface area contributed by atoms with Gasteiger partial charge in [0.15, 0.2) is 5.11 Å². The van der Waals surface area contributed by atoms with E-state index in [1.807, 2.05) is 55.5 Å². The Bertz CT molecular complexity index is 655. The Morgan fingerprint density at radius 2 is 2.00 bits per heavy atom. The van der Waals surface area contributed by atoms with Crippen LogP contribution in [0.2, 0.25) is 0 Å². The Morgan fingerprint density at radius 1 is 1.19 bits per heavy atom. The molecule has 0 aromatic heterocycles. The highest BCUT2D eigenvalue weighted by Crippen LogP contribution is 2.14. The number of hydrogen-bond acceptors (Lipinski definition) is 3. The lowest BCUT2D eigenvalue weighted by atomic mass is 10.2. The Labute approximate surface area is 129 Å². The van der Waals surface area contributed by atoms with Crippen molar-refractivity contribution >= 4 is 29.2 Å². The molecule has 0 fully saturated rings. The first kappa shape index (κ1) is 15.0. The summed E-state index contributed by atoms with van der Waals surface area (Å²) in [6.07, 6.45) is 1.67. The molecule has 2 N–H and O–H groups in total. The number of nitrogens with zero attached hydrogens (tertiary/aromatic N) is 1. The van der Waals surface area contributed by atoms with Crippen molar-refractivity contribution in [2.45, 2.75) is 6.92 Å². The molecule has 0 saturated carbocycles. The van der Waals surface area contributed by atoms with Gasteiger partial charge in [0.25, 0.3) is 0 Å². The topological polar surface area (TPSA) is 45.6 Å². The number of methoxy groups -OCH3 is 1. The largest absolute Gasteiger partial charge is 0.496 e. The average Bonchev–Trinajstić information content (AvgIpc) is 2.47.